The van der Waals surface area contributed by atoms with Gasteiger partial charge in [0.05, 0.1) is 24.4 Å². The molecule has 0 bridgehead atoms. The van der Waals surface area contributed by atoms with Gasteiger partial charge in [-0.15, -0.1) is 0 Å². The van der Waals surface area contributed by atoms with Gasteiger partial charge >= 0.3 is 11.7 Å². The lowest BCUT2D eigenvalue weighted by atomic mass is 10.2. The summed E-state index contributed by atoms with van der Waals surface area (Å²) in [5.74, 6) is -0.982. The zero-order chi connectivity index (χ0) is 21.7. The molecule has 3 aromatic rings. The molecule has 0 aliphatic carbocycles. The number of esters is 1. The summed E-state index contributed by atoms with van der Waals surface area (Å²) in [6.45, 7) is 1.95. The number of nitrogens with one attached hydrogen (secondary N) is 1. The van der Waals surface area contributed by atoms with Crippen molar-refractivity contribution in [3.63, 3.8) is 0 Å². The van der Waals surface area contributed by atoms with E-state index < -0.39 is 23.1 Å². The van der Waals surface area contributed by atoms with E-state index in [1.165, 1.54) is 12.1 Å². The smallest absolute Gasteiger partial charge is 0.338 e. The number of carbonyl (C=O) groups is 1. The van der Waals surface area contributed by atoms with Crippen LogP contribution in [0.3, 0.4) is 0 Å². The molecule has 0 radical (unpaired) electrons. The monoisotopic (exact) mass is 427 g/mol. The van der Waals surface area contributed by atoms with E-state index >= 15 is 0 Å². The van der Waals surface area contributed by atoms with Gasteiger partial charge in [0, 0.05) is 11.2 Å². The van der Waals surface area contributed by atoms with Gasteiger partial charge in [-0.1, -0.05) is 29.8 Å². The van der Waals surface area contributed by atoms with E-state index in [2.05, 4.69) is 9.98 Å². The first-order chi connectivity index (χ1) is 14.4. The highest BCUT2D eigenvalue weighted by Gasteiger charge is 2.14. The second kappa shape index (κ2) is 9.23. The van der Waals surface area contributed by atoms with Crippen molar-refractivity contribution < 1.29 is 14.6 Å². The highest BCUT2D eigenvalue weighted by molar-refractivity contribution is 6.31. The molecule has 0 aliphatic heterocycles. The molecule has 0 saturated heterocycles. The van der Waals surface area contributed by atoms with Crippen molar-refractivity contribution in [1.29, 1.82) is 0 Å². The van der Waals surface area contributed by atoms with Crippen LogP contribution < -0.4 is 11.2 Å². The summed E-state index contributed by atoms with van der Waals surface area (Å²) in [6, 6.07) is 13.1. The third-order valence-corrected chi connectivity index (χ3v) is 4.58. The minimum atomic E-state index is -0.778. The number of rotatable bonds is 6. The average Bonchev–Trinajstić information content (AvgIpc) is 2.72. The third kappa shape index (κ3) is 4.66. The summed E-state index contributed by atoms with van der Waals surface area (Å²) >= 11 is 6.12. The molecule has 0 unspecified atom stereocenters. The van der Waals surface area contributed by atoms with Gasteiger partial charge < -0.3 is 9.84 Å². The van der Waals surface area contributed by atoms with Gasteiger partial charge in [0.15, 0.2) is 0 Å². The van der Waals surface area contributed by atoms with E-state index in [1.807, 2.05) is 0 Å². The Hall–Kier alpha value is -3.65. The van der Waals surface area contributed by atoms with E-state index in [9.17, 15) is 19.5 Å². The molecule has 0 atom stereocenters. The quantitative estimate of drug-likeness (QED) is 0.463. The van der Waals surface area contributed by atoms with Crippen molar-refractivity contribution in [2.75, 3.05) is 6.61 Å². The van der Waals surface area contributed by atoms with Crippen LogP contribution >= 0.6 is 11.6 Å². The fraction of sp³-hybridized carbons (Fsp3) is 0.143. The number of aromatic amines is 1. The summed E-state index contributed by atoms with van der Waals surface area (Å²) in [4.78, 5) is 42.3. The van der Waals surface area contributed by atoms with E-state index in [0.717, 1.165) is 10.8 Å². The van der Waals surface area contributed by atoms with E-state index in [-0.39, 0.29) is 18.7 Å². The number of benzene rings is 2. The first kappa shape index (κ1) is 21.1. The first-order valence-electron chi connectivity index (χ1n) is 9.01. The van der Waals surface area contributed by atoms with Gasteiger partial charge in [0.1, 0.15) is 5.56 Å². The molecule has 2 N–H and O–H groups in total. The Morgan fingerprint density at radius 2 is 1.90 bits per heavy atom. The van der Waals surface area contributed by atoms with Gasteiger partial charge in [0.25, 0.3) is 5.56 Å². The Morgan fingerprint density at radius 1 is 1.20 bits per heavy atom. The van der Waals surface area contributed by atoms with Crippen LogP contribution in [0.1, 0.15) is 28.4 Å². The lowest BCUT2D eigenvalue weighted by molar-refractivity contribution is 0.0526. The number of H-pyrrole nitrogens is 1. The molecule has 30 heavy (non-hydrogen) atoms. The van der Waals surface area contributed by atoms with Gasteiger partial charge in [0.2, 0.25) is 5.88 Å². The molecule has 0 aliphatic rings. The predicted molar refractivity (Wildman–Crippen MR) is 113 cm³/mol. The number of aromatic hydroxyl groups is 1. The third-order valence-electron chi connectivity index (χ3n) is 4.21. The fourth-order valence-corrected chi connectivity index (χ4v) is 2.87. The van der Waals surface area contributed by atoms with Crippen LogP contribution in [0.4, 0.5) is 5.69 Å². The number of hydrogen-bond donors (Lipinski definition) is 2. The maximum absolute atomic E-state index is 12.2. The second-order valence-electron chi connectivity index (χ2n) is 6.20. The number of carbonyl (C=O) groups excluding carboxylic acids is 1. The molecule has 9 heteroatoms. The van der Waals surface area contributed by atoms with Gasteiger partial charge in [-0.2, -0.15) is 0 Å². The second-order valence-corrected chi connectivity index (χ2v) is 6.61. The highest BCUT2D eigenvalue weighted by Crippen LogP contribution is 2.19. The molecular weight excluding hydrogens is 410 g/mol. The van der Waals surface area contributed by atoms with Crippen LogP contribution in [-0.2, 0) is 11.3 Å². The van der Waals surface area contributed by atoms with Crippen LogP contribution in [0, 0.1) is 0 Å². The Bertz CT molecular complexity index is 1210. The lowest BCUT2D eigenvalue weighted by Gasteiger charge is -2.10. The van der Waals surface area contributed by atoms with Crippen molar-refractivity contribution in [2.45, 2.75) is 13.5 Å². The summed E-state index contributed by atoms with van der Waals surface area (Å²) in [7, 11) is 0. The largest absolute Gasteiger partial charge is 0.494 e. The van der Waals surface area contributed by atoms with E-state index in [4.69, 9.17) is 16.3 Å². The first-order valence-corrected chi connectivity index (χ1v) is 9.39. The molecule has 154 valence electrons. The summed E-state index contributed by atoms with van der Waals surface area (Å²) in [5.41, 5.74) is -0.333. The van der Waals surface area contributed by atoms with Crippen LogP contribution in [-0.4, -0.2) is 33.4 Å². The summed E-state index contributed by atoms with van der Waals surface area (Å²) in [6.07, 6.45) is 1.15. The fourth-order valence-electron chi connectivity index (χ4n) is 2.67. The van der Waals surface area contributed by atoms with E-state index in [0.29, 0.717) is 21.8 Å². The number of nitrogens with zero attached hydrogens (tertiary/aromatic N) is 2. The summed E-state index contributed by atoms with van der Waals surface area (Å²) in [5, 5.41) is 10.9. The molecule has 0 amide bonds. The van der Waals surface area contributed by atoms with Crippen LogP contribution in [0.2, 0.25) is 5.02 Å². The molecule has 0 fully saturated rings. The van der Waals surface area contributed by atoms with Crippen LogP contribution in [0.5, 0.6) is 5.88 Å². The maximum Gasteiger partial charge on any atom is 0.338 e. The Labute approximate surface area is 176 Å². The Balaban J connectivity index is 1.91. The van der Waals surface area contributed by atoms with Crippen molar-refractivity contribution in [3.8, 4) is 5.88 Å². The Morgan fingerprint density at radius 3 is 2.57 bits per heavy atom. The zero-order valence-electron chi connectivity index (χ0n) is 16.0. The van der Waals surface area contributed by atoms with E-state index in [1.54, 1.807) is 43.3 Å². The van der Waals surface area contributed by atoms with Gasteiger partial charge in [-0.3, -0.25) is 19.3 Å². The molecule has 3 rings (SSSR count). The number of aromatic nitrogens is 2. The normalized spacial score (nSPS) is 11.0. The van der Waals surface area contributed by atoms with Crippen molar-refractivity contribution in [1.82, 2.24) is 9.55 Å². The number of ether oxygens (including phenoxy) is 1. The minimum absolute atomic E-state index is 0.0316. The highest BCUT2D eigenvalue weighted by atomic mass is 35.5. The molecule has 2 aromatic carbocycles. The van der Waals surface area contributed by atoms with Crippen LogP contribution in [0.25, 0.3) is 0 Å². The van der Waals surface area contributed by atoms with Gasteiger partial charge in [-0.25, -0.2) is 9.59 Å². The zero-order valence-corrected chi connectivity index (χ0v) is 16.7. The van der Waals surface area contributed by atoms with Crippen molar-refractivity contribution >= 4 is 29.5 Å². The maximum atomic E-state index is 12.2. The van der Waals surface area contributed by atoms with Crippen molar-refractivity contribution in [2.24, 2.45) is 4.99 Å². The number of aliphatic imine (C=N–C) groups is 1. The molecule has 0 saturated carbocycles. The minimum Gasteiger partial charge on any atom is -0.494 e. The lowest BCUT2D eigenvalue weighted by Crippen LogP contribution is -2.32. The molecule has 1 aromatic heterocycles. The van der Waals surface area contributed by atoms with Gasteiger partial charge in [-0.05, 0) is 42.8 Å². The molecule has 1 heterocycles. The molecule has 0 spiro atoms. The molecular formula is C21H18ClN3O5. The summed E-state index contributed by atoms with van der Waals surface area (Å²) < 4.78 is 5.91. The van der Waals surface area contributed by atoms with Crippen LogP contribution in [0.15, 0.2) is 63.1 Å². The average molecular weight is 428 g/mol. The predicted octanol–water partition coefficient (Wildman–Crippen LogP) is 2.87. The molecule has 8 nitrogen and oxygen atoms in total. The Kier molecular flexibility index (Phi) is 6.48. The standard InChI is InChI=1S/C21H18ClN3O5/c1-2-30-20(28)13-7-9-15(10-8-13)23-11-16-18(26)24-21(29)25(19(16)27)12-14-5-3-4-6-17(14)22/h3-11,27H,2,12H2,1H3,(H,24,26,29). The SMILES string of the molecule is CCOC(=O)c1ccc(N=Cc2c(O)n(Cc3ccccc3Cl)c(=O)[nH]c2=O)cc1. The number of halogens is 1. The number of hydrogen-bond acceptors (Lipinski definition) is 6. The van der Waals surface area contributed by atoms with Crippen molar-refractivity contribution in [3.05, 3.63) is 91.1 Å². The topological polar surface area (TPSA) is 114 Å².